The summed E-state index contributed by atoms with van der Waals surface area (Å²) in [5.41, 5.74) is 47.1. The lowest BCUT2D eigenvalue weighted by Gasteiger charge is -2.27. The molecule has 144 heavy (non-hydrogen) atoms. The number of nitrogens with two attached hydrogens (primary N) is 8. The van der Waals surface area contributed by atoms with Crippen molar-refractivity contribution in [2.24, 2.45) is 93.2 Å². The number of unbranched alkanes of at least 4 members (excludes halogenated alkanes) is 3. The van der Waals surface area contributed by atoms with E-state index >= 15 is 38.4 Å². The summed E-state index contributed by atoms with van der Waals surface area (Å²) in [7, 11) is 0. The monoisotopic (exact) mass is 2010 g/mol. The lowest BCUT2D eigenvalue weighted by molar-refractivity contribution is -0.136. The lowest BCUT2D eigenvalue weighted by Crippen LogP contribution is -2.47. The number of amides is 5. The van der Waals surface area contributed by atoms with Crippen LogP contribution in [-0.4, -0.2) is 221 Å². The Labute approximate surface area is 841 Å². The highest BCUT2D eigenvalue weighted by Gasteiger charge is 2.39. The molecule has 41 N–H and O–H groups in total. The Bertz CT molecular complexity index is 4820. The van der Waals surface area contributed by atoms with Crippen molar-refractivity contribution >= 4 is 118 Å². The van der Waals surface area contributed by atoms with Crippen LogP contribution in [0.15, 0.2) is 97.1 Å². The summed E-state index contributed by atoms with van der Waals surface area (Å²) >= 11 is 0. The van der Waals surface area contributed by atoms with Gasteiger partial charge in [0.15, 0.2) is 70.8 Å². The Morgan fingerprint density at radius 1 is 0.229 bits per heavy atom. The maximum absolute atomic E-state index is 15.6. The molecular formula is C99H157N29O16. The molecule has 794 valence electrons. The van der Waals surface area contributed by atoms with Crippen molar-refractivity contribution in [1.82, 2.24) is 69.1 Å². The van der Waals surface area contributed by atoms with E-state index in [-0.39, 0.29) is 208 Å². The molecule has 45 heteroatoms. The topological polar surface area (TPSA) is 841 Å². The third-order valence-corrected chi connectivity index (χ3v) is 24.9. The van der Waals surface area contributed by atoms with Crippen LogP contribution in [-0.2, 0) is 83.2 Å². The highest BCUT2D eigenvalue weighted by Crippen LogP contribution is 2.30. The highest BCUT2D eigenvalue weighted by molar-refractivity contribution is 6.00. The number of carbonyl (C=O) groups excluding carboxylic acids is 12. The van der Waals surface area contributed by atoms with Crippen molar-refractivity contribution in [3.8, 4) is 23.0 Å². The SMILES string of the molecule is CCCCCCNC(=O)C(CCCNC(=N)N)CC(=O)C(Cc1ccc(O)cc1)NC(=O)C(CCCNC(=N)N)CC(=O)C(CCCNC(=N)N)CC(=O)C(Cc1ccc(O)cc1)NC(=O)C(CCCNC(=N)N)CC(=O)C(CCCNC(=N)N)CC(=O)C(Cc1ccc(O)cc1)NC(=O)C(CCCNC(=N)N)CC(=O)C(CCCNC(=N)N)CC(=O)C(Cc1ccc(O)cc1)NC(=O)C(CC)CCCNC(=N)N. The van der Waals surface area contributed by atoms with Crippen molar-refractivity contribution < 1.29 is 78.0 Å². The molecular weight excluding hydrogens is 1850 g/mol. The normalized spacial score (nSPS) is 13.5. The molecule has 4 aromatic rings. The number of hydrogen-bond donors (Lipinski definition) is 33. The van der Waals surface area contributed by atoms with Crippen molar-refractivity contribution in [3.63, 3.8) is 0 Å². The second-order valence-electron chi connectivity index (χ2n) is 36.6. The quantitative estimate of drug-likeness (QED) is 0.0172. The summed E-state index contributed by atoms with van der Waals surface area (Å²) in [4.78, 5) is 182. The fourth-order valence-electron chi connectivity index (χ4n) is 16.8. The van der Waals surface area contributed by atoms with Crippen LogP contribution in [0, 0.1) is 90.6 Å². The minimum absolute atomic E-state index is 0.00233. The van der Waals surface area contributed by atoms with Gasteiger partial charge in [0.2, 0.25) is 29.5 Å². The van der Waals surface area contributed by atoms with E-state index in [1.54, 1.807) is 31.2 Å². The average molecular weight is 2010 g/mol. The Morgan fingerprint density at radius 3 is 0.618 bits per heavy atom. The largest absolute Gasteiger partial charge is 0.508 e. The molecule has 5 amide bonds. The number of carbonyl (C=O) groups is 12. The summed E-state index contributed by atoms with van der Waals surface area (Å²) in [6.07, 6.45) is 0.822. The van der Waals surface area contributed by atoms with Gasteiger partial charge in [0, 0.05) is 151 Å². The van der Waals surface area contributed by atoms with E-state index in [0.29, 0.717) is 67.4 Å². The van der Waals surface area contributed by atoms with Gasteiger partial charge < -0.3 is 135 Å². The number of benzene rings is 4. The van der Waals surface area contributed by atoms with E-state index in [1.165, 1.54) is 72.8 Å². The zero-order valence-corrected chi connectivity index (χ0v) is 83.0. The van der Waals surface area contributed by atoms with Gasteiger partial charge in [-0.2, -0.15) is 0 Å². The minimum Gasteiger partial charge on any atom is -0.508 e. The molecule has 12 unspecified atom stereocenters. The molecule has 0 bridgehead atoms. The number of aromatic hydroxyl groups is 4. The molecule has 4 rings (SSSR count). The van der Waals surface area contributed by atoms with Crippen molar-refractivity contribution in [1.29, 1.82) is 43.3 Å². The summed E-state index contributed by atoms with van der Waals surface area (Å²) in [6, 6.07) is 17.7. The van der Waals surface area contributed by atoms with Gasteiger partial charge >= 0.3 is 0 Å². The van der Waals surface area contributed by atoms with Crippen LogP contribution in [0.4, 0.5) is 0 Å². The summed E-state index contributed by atoms with van der Waals surface area (Å²) in [5, 5.41) is 140. The lowest BCUT2D eigenvalue weighted by atomic mass is 9.82. The van der Waals surface area contributed by atoms with Gasteiger partial charge in [0.05, 0.1) is 24.2 Å². The number of nitrogens with one attached hydrogen (secondary N) is 21. The van der Waals surface area contributed by atoms with Crippen LogP contribution < -0.4 is 115 Å². The van der Waals surface area contributed by atoms with Gasteiger partial charge in [-0.15, -0.1) is 0 Å². The Morgan fingerprint density at radius 2 is 0.410 bits per heavy atom. The number of ketones is 7. The van der Waals surface area contributed by atoms with E-state index in [0.717, 1.165) is 19.3 Å². The van der Waals surface area contributed by atoms with E-state index in [1.807, 2.05) is 0 Å². The fourth-order valence-corrected chi connectivity index (χ4v) is 16.8. The van der Waals surface area contributed by atoms with Gasteiger partial charge in [-0.1, -0.05) is 81.6 Å². The maximum Gasteiger partial charge on any atom is 0.224 e. The average Bonchev–Trinajstić information content (AvgIpc) is 0.843. The van der Waals surface area contributed by atoms with Gasteiger partial charge in [-0.3, -0.25) is 101 Å². The summed E-state index contributed by atoms with van der Waals surface area (Å²) in [6.45, 7) is 4.91. The van der Waals surface area contributed by atoms with E-state index in [2.05, 4.69) is 76.0 Å². The van der Waals surface area contributed by atoms with E-state index in [4.69, 9.17) is 89.1 Å². The first-order valence-corrected chi connectivity index (χ1v) is 49.5. The second kappa shape index (κ2) is 67.6. The molecule has 0 radical (unpaired) electrons. The third-order valence-electron chi connectivity index (χ3n) is 24.9. The third kappa shape index (κ3) is 51.6. The standard InChI is InChI=1S/C99H157N29O16/c1-3-5-6-7-40-116-87(140)68(20-12-45-121-96(108)109)59-86(139)79(52-63-30-38-75(132)39-31-63)128-91(144)71(23-15-48-124-99(114)115)58-82(135)67(19-11-44-120-95(106)107)55-85(138)78(51-62-28-36-74(131)37-29-62)127-90(143)70(22-14-47-123-98(112)113)57-81(134)66(18-10-43-119-94(104)105)54-84(137)77(50-61-26-34-73(130)35-27-61)126-89(142)69(21-13-46-122-97(110)111)56-80(133)65(17-9-42-118-93(102)103)53-83(136)76(49-60-24-32-72(129)33-25-60)125-88(141)64(4-2)16-8-41-117-92(100)101/h24-39,64-71,76-79,129-132H,3-23,40-59H2,1-2H3,(H,116,140)(H,125,141)(H,126,142)(H,127,143)(H,128,144)(H4,100,101,117)(H4,102,103,118)(H4,104,105,119)(H4,106,107,120)(H4,108,109,121)(H4,110,111,122)(H4,112,113,123)(H4,114,115,124). The Kier molecular flexibility index (Phi) is 57.1. The first-order chi connectivity index (χ1) is 68.5. The second-order valence-corrected chi connectivity index (χ2v) is 36.6. The van der Waals surface area contributed by atoms with Crippen molar-refractivity contribution in [3.05, 3.63) is 119 Å². The summed E-state index contributed by atoms with van der Waals surface area (Å²) in [5.74, 6) is -20.2. The zero-order valence-electron chi connectivity index (χ0n) is 83.0. The maximum atomic E-state index is 15.6. The molecule has 0 aliphatic rings. The van der Waals surface area contributed by atoms with Crippen LogP contribution in [0.1, 0.15) is 216 Å². The van der Waals surface area contributed by atoms with Crippen LogP contribution in [0.25, 0.3) is 0 Å². The van der Waals surface area contributed by atoms with Gasteiger partial charge in [-0.05, 0) is 212 Å². The number of hydrogen-bond acceptors (Lipinski definition) is 24. The van der Waals surface area contributed by atoms with E-state index < -0.39 is 204 Å². The fraction of sp³-hybridized carbons (Fsp3) is 0.556. The molecule has 0 spiro atoms. The first kappa shape index (κ1) is 122. The molecule has 4 aromatic carbocycles. The molecule has 0 fully saturated rings. The molecule has 0 saturated carbocycles. The van der Waals surface area contributed by atoms with Gasteiger partial charge in [0.1, 0.15) is 40.3 Å². The van der Waals surface area contributed by atoms with Crippen molar-refractivity contribution in [2.75, 3.05) is 58.9 Å². The first-order valence-electron chi connectivity index (χ1n) is 49.5. The highest BCUT2D eigenvalue weighted by atomic mass is 16.3. The predicted octanol–water partition coefficient (Wildman–Crippen LogP) is 2.58. The number of guanidine groups is 8. The van der Waals surface area contributed by atoms with E-state index in [9.17, 15) is 39.6 Å². The summed E-state index contributed by atoms with van der Waals surface area (Å²) < 4.78 is 0. The molecule has 0 aliphatic heterocycles. The number of phenols is 4. The van der Waals surface area contributed by atoms with Gasteiger partial charge in [0.25, 0.3) is 0 Å². The molecule has 0 aliphatic carbocycles. The van der Waals surface area contributed by atoms with Gasteiger partial charge in [-0.25, -0.2) is 0 Å². The number of phenolic OH excluding ortho intramolecular Hbond substituents is 4. The molecule has 12 atom stereocenters. The molecule has 0 aromatic heterocycles. The van der Waals surface area contributed by atoms with Crippen molar-refractivity contribution in [2.45, 2.75) is 243 Å². The van der Waals surface area contributed by atoms with Crippen LogP contribution >= 0.6 is 0 Å². The molecule has 0 heterocycles. The number of rotatable bonds is 76. The minimum atomic E-state index is -1.53. The Hall–Kier alpha value is -14.7. The predicted molar refractivity (Wildman–Crippen MR) is 551 cm³/mol. The number of Topliss-reactive ketones (excluding diaryl/α,β-unsaturated/α-hetero) is 7. The zero-order chi connectivity index (χ0) is 107. The van der Waals surface area contributed by atoms with Crippen LogP contribution in [0.2, 0.25) is 0 Å². The molecule has 45 nitrogen and oxygen atoms in total. The molecule has 0 saturated heterocycles. The Balaban J connectivity index is 1.86. The van der Waals surface area contributed by atoms with Crippen LogP contribution in [0.3, 0.4) is 0 Å². The van der Waals surface area contributed by atoms with Crippen LogP contribution in [0.5, 0.6) is 23.0 Å². The smallest absolute Gasteiger partial charge is 0.224 e.